The molecule has 1 amide bonds. The van der Waals surface area contributed by atoms with Crippen molar-refractivity contribution < 1.29 is 14.3 Å². The second-order valence-electron chi connectivity index (χ2n) is 9.60. The Hall–Kier alpha value is -3.91. The van der Waals surface area contributed by atoms with Crippen LogP contribution in [0.1, 0.15) is 29.8 Å². The first kappa shape index (κ1) is 26.3. The number of likely N-dealkylation sites (tertiary alicyclic amines) is 1. The minimum atomic E-state index is -0.214. The van der Waals surface area contributed by atoms with Crippen molar-refractivity contribution in [2.45, 2.75) is 38.0 Å². The molecule has 3 aromatic heterocycles. The number of anilines is 2. The number of hydrogen-bond acceptors (Lipinski definition) is 9. The van der Waals surface area contributed by atoms with E-state index in [1.165, 1.54) is 17.7 Å². The van der Waals surface area contributed by atoms with Crippen molar-refractivity contribution in [1.82, 2.24) is 25.2 Å². The maximum absolute atomic E-state index is 12.3. The molecule has 4 aromatic rings. The zero-order valence-electron chi connectivity index (χ0n) is 21.6. The minimum Gasteiger partial charge on any atom is -0.486 e. The summed E-state index contributed by atoms with van der Waals surface area (Å²) in [6, 6.07) is 13.1. The van der Waals surface area contributed by atoms with Gasteiger partial charge in [0.1, 0.15) is 35.4 Å². The van der Waals surface area contributed by atoms with Crippen LogP contribution in [0, 0.1) is 11.8 Å². The van der Waals surface area contributed by atoms with Crippen molar-refractivity contribution in [2.75, 3.05) is 25.0 Å². The molecule has 0 aliphatic carbocycles. The van der Waals surface area contributed by atoms with Crippen molar-refractivity contribution in [3.8, 4) is 17.6 Å². The number of amides is 1. The quantitative estimate of drug-likeness (QED) is 0.296. The average molecular weight is 575 g/mol. The Morgan fingerprint density at radius 2 is 2.08 bits per heavy atom. The van der Waals surface area contributed by atoms with Gasteiger partial charge in [-0.2, -0.15) is 0 Å². The highest BCUT2D eigenvalue weighted by Crippen LogP contribution is 2.33. The molecule has 5 heterocycles. The number of ether oxygens (including phenoxy) is 2. The Balaban J connectivity index is 1.09. The standard InChI is InChI=1S/C29H27ClN6O3S/c30-25-14-20(7-9-26(25)38-17-21-5-1-2-10-31-21)35-27-24-15-23(40-28(24)34-18-33-27)8-6-19-13-22(16-32-19)39-29(37)36-11-3-4-12-36/h1-2,5,7,9-10,14-15,18-19,22,32H,3-4,11-13,16-17H2,(H,33,34,35)/t19-,22+/m0/s1. The molecular formula is C29H27ClN6O3S. The third-order valence-electron chi connectivity index (χ3n) is 6.72. The lowest BCUT2D eigenvalue weighted by Gasteiger charge is -2.18. The number of nitrogens with one attached hydrogen (secondary N) is 2. The zero-order valence-corrected chi connectivity index (χ0v) is 23.2. The number of aromatic nitrogens is 3. The molecule has 6 rings (SSSR count). The Kier molecular flexibility index (Phi) is 7.95. The molecule has 204 valence electrons. The van der Waals surface area contributed by atoms with Gasteiger partial charge in [0.15, 0.2) is 0 Å². The van der Waals surface area contributed by atoms with Crippen LogP contribution < -0.4 is 15.4 Å². The van der Waals surface area contributed by atoms with Crippen LogP contribution in [0.4, 0.5) is 16.3 Å². The van der Waals surface area contributed by atoms with E-state index in [0.29, 0.717) is 36.2 Å². The average Bonchev–Trinajstić information content (AvgIpc) is 3.74. The maximum Gasteiger partial charge on any atom is 0.410 e. The summed E-state index contributed by atoms with van der Waals surface area (Å²) in [6.45, 7) is 2.51. The molecule has 2 aliphatic rings. The van der Waals surface area contributed by atoms with Crippen LogP contribution in [0.2, 0.25) is 5.02 Å². The third-order valence-corrected chi connectivity index (χ3v) is 7.97. The van der Waals surface area contributed by atoms with Gasteiger partial charge in [0.05, 0.1) is 27.0 Å². The van der Waals surface area contributed by atoms with Crippen molar-refractivity contribution in [3.05, 3.63) is 70.6 Å². The molecule has 2 aliphatic heterocycles. The van der Waals surface area contributed by atoms with Crippen LogP contribution in [0.5, 0.6) is 5.75 Å². The summed E-state index contributed by atoms with van der Waals surface area (Å²) in [4.78, 5) is 28.9. The van der Waals surface area contributed by atoms with Crippen molar-refractivity contribution in [1.29, 1.82) is 0 Å². The SMILES string of the molecule is O=C(O[C@H]1CN[C@@H](C#Cc2cc3c(Nc4ccc(OCc5ccccn5)c(Cl)c4)ncnc3s2)C1)N1CCCC1. The summed E-state index contributed by atoms with van der Waals surface area (Å²) in [7, 11) is 0. The summed E-state index contributed by atoms with van der Waals surface area (Å²) in [5, 5.41) is 8.04. The second kappa shape index (κ2) is 12.1. The molecule has 0 saturated carbocycles. The molecule has 0 radical (unpaired) electrons. The first-order valence-corrected chi connectivity index (χ1v) is 14.3. The summed E-state index contributed by atoms with van der Waals surface area (Å²) in [5.74, 6) is 7.78. The Labute approximate surface area is 240 Å². The Morgan fingerprint density at radius 1 is 1.18 bits per heavy atom. The number of halogens is 1. The van der Waals surface area contributed by atoms with Gasteiger partial charge in [-0.05, 0) is 49.2 Å². The van der Waals surface area contributed by atoms with Crippen LogP contribution >= 0.6 is 22.9 Å². The summed E-state index contributed by atoms with van der Waals surface area (Å²) in [6.07, 6.45) is 5.65. The zero-order chi connectivity index (χ0) is 27.3. The fraction of sp³-hybridized carbons (Fsp3) is 0.310. The van der Waals surface area contributed by atoms with Crippen molar-refractivity contribution in [3.63, 3.8) is 0 Å². The predicted molar refractivity (Wildman–Crippen MR) is 155 cm³/mol. The molecule has 2 saturated heterocycles. The van der Waals surface area contributed by atoms with E-state index >= 15 is 0 Å². The molecule has 0 unspecified atom stereocenters. The van der Waals surface area contributed by atoms with Gasteiger partial charge in [-0.15, -0.1) is 11.3 Å². The Morgan fingerprint density at radius 3 is 2.90 bits per heavy atom. The number of benzene rings is 1. The first-order chi connectivity index (χ1) is 19.6. The topological polar surface area (TPSA) is 102 Å². The molecule has 1 aromatic carbocycles. The second-order valence-corrected chi connectivity index (χ2v) is 11.0. The van der Waals surface area contributed by atoms with Crippen LogP contribution in [0.15, 0.2) is 55.0 Å². The van der Waals surface area contributed by atoms with Crippen molar-refractivity contribution >= 4 is 50.8 Å². The molecule has 0 spiro atoms. The molecule has 2 N–H and O–H groups in total. The summed E-state index contributed by atoms with van der Waals surface area (Å²) in [5.41, 5.74) is 1.60. The monoisotopic (exact) mass is 574 g/mol. The molecular weight excluding hydrogens is 548 g/mol. The highest BCUT2D eigenvalue weighted by molar-refractivity contribution is 7.19. The smallest absolute Gasteiger partial charge is 0.410 e. The third kappa shape index (κ3) is 6.28. The van der Waals surface area contributed by atoms with E-state index in [0.717, 1.165) is 52.4 Å². The number of pyridine rings is 1. The van der Waals surface area contributed by atoms with E-state index in [9.17, 15) is 4.79 Å². The lowest BCUT2D eigenvalue weighted by atomic mass is 10.2. The van der Waals surface area contributed by atoms with Crippen LogP contribution in [-0.4, -0.2) is 57.7 Å². The number of hydrogen-bond donors (Lipinski definition) is 2. The summed E-state index contributed by atoms with van der Waals surface area (Å²) < 4.78 is 11.5. The number of fused-ring (bicyclic) bond motifs is 1. The van der Waals surface area contributed by atoms with Gasteiger partial charge >= 0.3 is 6.09 Å². The van der Waals surface area contributed by atoms with Gasteiger partial charge in [0.2, 0.25) is 0 Å². The lowest BCUT2D eigenvalue weighted by molar-refractivity contribution is 0.0763. The molecule has 9 nitrogen and oxygen atoms in total. The molecule has 40 heavy (non-hydrogen) atoms. The first-order valence-electron chi connectivity index (χ1n) is 13.1. The van der Waals surface area contributed by atoms with Gasteiger partial charge < -0.3 is 19.7 Å². The molecule has 11 heteroatoms. The summed E-state index contributed by atoms with van der Waals surface area (Å²) >= 11 is 8.00. The van der Waals surface area contributed by atoms with Gasteiger partial charge in [-0.1, -0.05) is 29.5 Å². The minimum absolute atomic E-state index is 0.0363. The normalized spacial score (nSPS) is 18.4. The van der Waals surface area contributed by atoms with E-state index in [1.54, 1.807) is 17.2 Å². The van der Waals surface area contributed by atoms with Gasteiger partial charge in [-0.3, -0.25) is 10.3 Å². The lowest BCUT2D eigenvalue weighted by Crippen LogP contribution is -2.32. The van der Waals surface area contributed by atoms with Crippen LogP contribution in [-0.2, 0) is 11.3 Å². The number of rotatable bonds is 6. The van der Waals surface area contributed by atoms with E-state index in [4.69, 9.17) is 21.1 Å². The van der Waals surface area contributed by atoms with E-state index in [-0.39, 0.29) is 18.2 Å². The van der Waals surface area contributed by atoms with Gasteiger partial charge in [-0.25, -0.2) is 14.8 Å². The molecule has 2 atom stereocenters. The van der Waals surface area contributed by atoms with Gasteiger partial charge in [0.25, 0.3) is 0 Å². The van der Waals surface area contributed by atoms with E-state index in [1.807, 2.05) is 36.4 Å². The number of carbonyl (C=O) groups is 1. The van der Waals surface area contributed by atoms with Crippen LogP contribution in [0.25, 0.3) is 10.2 Å². The highest BCUT2D eigenvalue weighted by atomic mass is 35.5. The number of carbonyl (C=O) groups excluding carboxylic acids is 1. The Bertz CT molecular complexity index is 1560. The fourth-order valence-corrected chi connectivity index (χ4v) is 5.76. The number of nitrogens with zero attached hydrogens (tertiary/aromatic N) is 4. The van der Waals surface area contributed by atoms with E-state index in [2.05, 4.69) is 37.4 Å². The fourth-order valence-electron chi connectivity index (χ4n) is 4.66. The largest absolute Gasteiger partial charge is 0.486 e. The predicted octanol–water partition coefficient (Wildman–Crippen LogP) is 5.38. The van der Waals surface area contributed by atoms with Gasteiger partial charge in [0, 0.05) is 37.9 Å². The highest BCUT2D eigenvalue weighted by Gasteiger charge is 2.28. The van der Waals surface area contributed by atoms with Crippen LogP contribution in [0.3, 0.4) is 0 Å². The maximum atomic E-state index is 12.3. The number of thiophene rings is 1. The molecule has 0 bridgehead atoms. The van der Waals surface area contributed by atoms with Crippen molar-refractivity contribution in [2.24, 2.45) is 0 Å². The molecule has 2 fully saturated rings. The van der Waals surface area contributed by atoms with E-state index < -0.39 is 0 Å².